The lowest BCUT2D eigenvalue weighted by molar-refractivity contribution is -0.384. The van der Waals surface area contributed by atoms with Crippen LogP contribution in [0.2, 0.25) is 0 Å². The molecule has 1 N–H and O–H groups in total. The summed E-state index contributed by atoms with van der Waals surface area (Å²) in [6.45, 7) is 2.06. The topological polar surface area (TPSA) is 86.5 Å². The van der Waals surface area contributed by atoms with Crippen molar-refractivity contribution in [3.05, 3.63) is 46.1 Å². The molecule has 0 spiro atoms. The van der Waals surface area contributed by atoms with E-state index < -0.39 is 4.92 Å². The van der Waals surface area contributed by atoms with Crippen molar-refractivity contribution in [2.24, 2.45) is 0 Å². The number of hydrogen-bond acceptors (Lipinski definition) is 6. The zero-order chi connectivity index (χ0) is 14.1. The molecule has 1 aliphatic heterocycles. The maximum absolute atomic E-state index is 11.0. The first-order valence-corrected chi connectivity index (χ1v) is 5.92. The highest BCUT2D eigenvalue weighted by molar-refractivity contribution is 5.70. The second-order valence-corrected chi connectivity index (χ2v) is 4.27. The maximum atomic E-state index is 11.0. The number of anilines is 2. The van der Waals surface area contributed by atoms with Gasteiger partial charge in [-0.25, -0.2) is 4.98 Å². The van der Waals surface area contributed by atoms with Crippen LogP contribution in [0.4, 0.5) is 17.2 Å². The monoisotopic (exact) mass is 273 g/mol. The molecule has 102 valence electrons. The molecule has 0 radical (unpaired) electrons. The average molecular weight is 273 g/mol. The minimum absolute atomic E-state index is 0.0791. The number of aromatic nitrogens is 1. The van der Waals surface area contributed by atoms with Crippen molar-refractivity contribution in [1.29, 1.82) is 0 Å². The lowest BCUT2D eigenvalue weighted by Crippen LogP contribution is -2.00. The fourth-order valence-electron chi connectivity index (χ4n) is 1.95. The van der Waals surface area contributed by atoms with Crippen LogP contribution in [0.1, 0.15) is 5.56 Å². The lowest BCUT2D eigenvalue weighted by Gasteiger charge is -2.10. The number of benzene rings is 1. The molecule has 1 aromatic heterocycles. The fraction of sp³-hybridized carbons (Fsp3) is 0.154. The average Bonchev–Trinajstić information content (AvgIpc) is 2.86. The summed E-state index contributed by atoms with van der Waals surface area (Å²) in [7, 11) is 0. The Hall–Kier alpha value is -2.83. The summed E-state index contributed by atoms with van der Waals surface area (Å²) < 4.78 is 10.6. The van der Waals surface area contributed by atoms with Gasteiger partial charge in [0.15, 0.2) is 11.5 Å². The fourth-order valence-corrected chi connectivity index (χ4v) is 1.95. The number of fused-ring (bicyclic) bond motifs is 1. The third-order valence-corrected chi connectivity index (χ3v) is 2.96. The van der Waals surface area contributed by atoms with Gasteiger partial charge in [-0.15, -0.1) is 0 Å². The first-order valence-electron chi connectivity index (χ1n) is 5.92. The Labute approximate surface area is 114 Å². The van der Waals surface area contributed by atoms with Crippen molar-refractivity contribution in [2.75, 3.05) is 12.1 Å². The third-order valence-electron chi connectivity index (χ3n) is 2.96. The van der Waals surface area contributed by atoms with Gasteiger partial charge in [0.2, 0.25) is 12.6 Å². The molecule has 20 heavy (non-hydrogen) atoms. The number of nitrogens with one attached hydrogen (secondary N) is 1. The van der Waals surface area contributed by atoms with Crippen LogP contribution in [0.25, 0.3) is 0 Å². The quantitative estimate of drug-likeness (QED) is 0.683. The Morgan fingerprint density at radius 1 is 1.35 bits per heavy atom. The van der Waals surface area contributed by atoms with Gasteiger partial charge >= 0.3 is 5.69 Å². The van der Waals surface area contributed by atoms with Crippen LogP contribution < -0.4 is 14.8 Å². The van der Waals surface area contributed by atoms with E-state index in [9.17, 15) is 10.1 Å². The van der Waals surface area contributed by atoms with Crippen LogP contribution in [-0.4, -0.2) is 16.7 Å². The van der Waals surface area contributed by atoms with Crippen LogP contribution in [0.3, 0.4) is 0 Å². The highest BCUT2D eigenvalue weighted by atomic mass is 16.7. The van der Waals surface area contributed by atoms with Gasteiger partial charge in [0.25, 0.3) is 0 Å². The Balaban J connectivity index is 1.98. The molecule has 7 nitrogen and oxygen atoms in total. The molecule has 1 aliphatic rings. The van der Waals surface area contributed by atoms with Crippen molar-refractivity contribution < 1.29 is 14.4 Å². The van der Waals surface area contributed by atoms with E-state index >= 15 is 0 Å². The zero-order valence-electron chi connectivity index (χ0n) is 10.6. The van der Waals surface area contributed by atoms with Gasteiger partial charge in [-0.2, -0.15) is 0 Å². The minimum Gasteiger partial charge on any atom is -0.454 e. The summed E-state index contributed by atoms with van der Waals surface area (Å²) in [4.78, 5) is 14.5. The largest absolute Gasteiger partial charge is 0.454 e. The molecule has 0 amide bonds. The summed E-state index contributed by atoms with van der Waals surface area (Å²) in [5, 5.41) is 13.9. The second-order valence-electron chi connectivity index (χ2n) is 4.27. The predicted molar refractivity (Wildman–Crippen MR) is 71.5 cm³/mol. The van der Waals surface area contributed by atoms with Gasteiger partial charge in [-0.1, -0.05) is 0 Å². The molecule has 0 bridgehead atoms. The van der Waals surface area contributed by atoms with Gasteiger partial charge in [0.1, 0.15) is 0 Å². The molecular weight excluding hydrogens is 262 g/mol. The molecule has 1 aromatic carbocycles. The van der Waals surface area contributed by atoms with E-state index in [1.165, 1.54) is 18.3 Å². The molecule has 0 unspecified atom stereocenters. The Bertz CT molecular complexity index is 687. The zero-order valence-corrected chi connectivity index (χ0v) is 10.6. The highest BCUT2D eigenvalue weighted by Gasteiger charge is 2.19. The van der Waals surface area contributed by atoms with E-state index in [1.54, 1.807) is 6.07 Å². The molecular formula is C13H11N3O4. The summed E-state index contributed by atoms with van der Waals surface area (Å²) in [5.74, 6) is 1.47. The number of rotatable bonds is 3. The molecule has 0 aliphatic carbocycles. The molecule has 0 saturated heterocycles. The first kappa shape index (κ1) is 12.2. The van der Waals surface area contributed by atoms with Gasteiger partial charge < -0.3 is 14.8 Å². The van der Waals surface area contributed by atoms with E-state index in [4.69, 9.17) is 9.47 Å². The molecule has 0 fully saturated rings. The lowest BCUT2D eigenvalue weighted by atomic mass is 10.1. The summed E-state index contributed by atoms with van der Waals surface area (Å²) in [6, 6.07) is 6.49. The van der Waals surface area contributed by atoms with Gasteiger partial charge in [-0.3, -0.25) is 10.1 Å². The predicted octanol–water partition coefficient (Wildman–Crippen LogP) is 2.77. The molecule has 0 saturated carbocycles. The Morgan fingerprint density at radius 2 is 2.10 bits per heavy atom. The number of nitro groups is 1. The van der Waals surface area contributed by atoms with E-state index in [-0.39, 0.29) is 18.3 Å². The molecule has 2 aromatic rings. The molecule has 3 rings (SSSR count). The van der Waals surface area contributed by atoms with Crippen molar-refractivity contribution >= 4 is 17.2 Å². The van der Waals surface area contributed by atoms with Crippen molar-refractivity contribution in [2.45, 2.75) is 6.92 Å². The van der Waals surface area contributed by atoms with Crippen molar-refractivity contribution in [3.8, 4) is 11.5 Å². The van der Waals surface area contributed by atoms with Crippen LogP contribution in [-0.2, 0) is 0 Å². The van der Waals surface area contributed by atoms with E-state index in [0.29, 0.717) is 17.2 Å². The van der Waals surface area contributed by atoms with Gasteiger partial charge in [0, 0.05) is 24.0 Å². The van der Waals surface area contributed by atoms with Crippen LogP contribution in [0.5, 0.6) is 11.5 Å². The van der Waals surface area contributed by atoms with Crippen LogP contribution in [0, 0.1) is 17.0 Å². The summed E-state index contributed by atoms with van der Waals surface area (Å²) in [6.07, 6.45) is 1.50. The van der Waals surface area contributed by atoms with Crippen LogP contribution in [0.15, 0.2) is 30.5 Å². The third kappa shape index (κ3) is 2.09. The van der Waals surface area contributed by atoms with Crippen molar-refractivity contribution in [3.63, 3.8) is 0 Å². The van der Waals surface area contributed by atoms with Crippen molar-refractivity contribution in [1.82, 2.24) is 4.98 Å². The Kier molecular flexibility index (Phi) is 2.86. The van der Waals surface area contributed by atoms with Gasteiger partial charge in [-0.05, 0) is 24.6 Å². The molecule has 2 heterocycles. The number of pyridine rings is 1. The second kappa shape index (κ2) is 4.69. The smallest absolute Gasteiger partial charge is 0.311 e. The minimum atomic E-state index is -0.475. The maximum Gasteiger partial charge on any atom is 0.311 e. The first-order chi connectivity index (χ1) is 9.65. The summed E-state index contributed by atoms with van der Waals surface area (Å²) >= 11 is 0. The van der Waals surface area contributed by atoms with E-state index in [0.717, 1.165) is 5.56 Å². The number of nitrogens with zero attached hydrogens (tertiary/aromatic N) is 2. The van der Waals surface area contributed by atoms with Crippen LogP contribution >= 0.6 is 0 Å². The molecule has 7 heteroatoms. The number of hydrogen-bond donors (Lipinski definition) is 1. The van der Waals surface area contributed by atoms with Gasteiger partial charge in [0.05, 0.1) is 4.92 Å². The Morgan fingerprint density at radius 3 is 2.85 bits per heavy atom. The SMILES string of the molecule is Cc1cc2c(cc1Nc1ncccc1[N+](=O)[O-])OCO2. The number of ether oxygens (including phenoxy) is 2. The normalized spacial score (nSPS) is 12.2. The standard InChI is InChI=1S/C13H11N3O4/c1-8-5-11-12(20-7-19-11)6-9(8)15-13-10(16(17)18)3-2-4-14-13/h2-6H,7H2,1H3,(H,14,15). The summed E-state index contributed by atoms with van der Waals surface area (Å²) in [5.41, 5.74) is 1.50. The van der Waals surface area contributed by atoms with E-state index in [1.807, 2.05) is 13.0 Å². The van der Waals surface area contributed by atoms with E-state index in [2.05, 4.69) is 10.3 Å². The molecule has 0 atom stereocenters. The number of aryl methyl sites for hydroxylation is 1. The highest BCUT2D eigenvalue weighted by Crippen LogP contribution is 2.38.